The second-order valence-corrected chi connectivity index (χ2v) is 8.71. The Morgan fingerprint density at radius 2 is 2.22 bits per heavy atom. The average molecular weight is 364 g/mol. The van der Waals surface area contributed by atoms with Gasteiger partial charge in [-0.25, -0.2) is 4.98 Å². The van der Waals surface area contributed by atoms with Gasteiger partial charge in [0.25, 0.3) is 5.56 Å². The molecule has 1 aliphatic carbocycles. The summed E-state index contributed by atoms with van der Waals surface area (Å²) >= 11 is 0. The van der Waals surface area contributed by atoms with Gasteiger partial charge in [0.1, 0.15) is 5.82 Å². The van der Waals surface area contributed by atoms with Crippen molar-refractivity contribution in [2.45, 2.75) is 59.4 Å². The van der Waals surface area contributed by atoms with Gasteiger partial charge >= 0.3 is 0 Å². The summed E-state index contributed by atoms with van der Waals surface area (Å²) in [6.07, 6.45) is 7.30. The molecule has 2 atom stereocenters. The lowest BCUT2D eigenvalue weighted by Crippen LogP contribution is -2.36. The number of nitrogens with zero attached hydrogens (tertiary/aromatic N) is 3. The second kappa shape index (κ2) is 6.74. The van der Waals surface area contributed by atoms with Crippen molar-refractivity contribution in [3.05, 3.63) is 52.1 Å². The lowest BCUT2D eigenvalue weighted by molar-refractivity contribution is 0.240. The van der Waals surface area contributed by atoms with Crippen molar-refractivity contribution in [1.82, 2.24) is 9.55 Å². The number of benzene rings is 1. The molecule has 1 saturated carbocycles. The molecule has 0 amide bonds. The third-order valence-electron chi connectivity index (χ3n) is 5.95. The first-order chi connectivity index (χ1) is 12.9. The molecule has 1 aliphatic heterocycles. The molecular formula is C23H29N3O. The van der Waals surface area contributed by atoms with Crippen molar-refractivity contribution in [1.29, 1.82) is 0 Å². The highest BCUT2D eigenvalue weighted by Gasteiger charge is 2.41. The van der Waals surface area contributed by atoms with Crippen LogP contribution < -0.4 is 5.56 Å². The van der Waals surface area contributed by atoms with E-state index in [1.807, 2.05) is 17.6 Å². The monoisotopic (exact) mass is 363 g/mol. The molecule has 2 aromatic rings. The number of hydrogen-bond acceptors (Lipinski definition) is 3. The van der Waals surface area contributed by atoms with Crippen LogP contribution >= 0.6 is 0 Å². The van der Waals surface area contributed by atoms with Crippen molar-refractivity contribution in [2.75, 3.05) is 6.54 Å². The topological polar surface area (TPSA) is 47.2 Å². The van der Waals surface area contributed by atoms with E-state index in [1.54, 1.807) is 0 Å². The maximum atomic E-state index is 13.0. The maximum absolute atomic E-state index is 13.0. The third-order valence-corrected chi connectivity index (χ3v) is 5.95. The summed E-state index contributed by atoms with van der Waals surface area (Å²) in [4.78, 5) is 22.5. The zero-order valence-electron chi connectivity index (χ0n) is 16.8. The Balaban J connectivity index is 1.69. The van der Waals surface area contributed by atoms with Crippen molar-refractivity contribution < 1.29 is 0 Å². The molecule has 4 rings (SSSR count). The first-order valence-electron chi connectivity index (χ1n) is 10.1. The van der Waals surface area contributed by atoms with Gasteiger partial charge in [-0.3, -0.25) is 14.4 Å². The Morgan fingerprint density at radius 1 is 1.41 bits per heavy atom. The summed E-state index contributed by atoms with van der Waals surface area (Å²) in [5, 5.41) is 0.744. The highest BCUT2D eigenvalue weighted by molar-refractivity contribution is 5.99. The molecule has 2 heterocycles. The smallest absolute Gasteiger partial charge is 0.261 e. The molecule has 1 aromatic carbocycles. The molecule has 2 aliphatic rings. The van der Waals surface area contributed by atoms with Crippen LogP contribution in [0.4, 0.5) is 0 Å². The third kappa shape index (κ3) is 3.38. The molecule has 1 fully saturated rings. The summed E-state index contributed by atoms with van der Waals surface area (Å²) in [5.74, 6) is 1.94. The van der Waals surface area contributed by atoms with Gasteiger partial charge in [0.05, 0.1) is 10.9 Å². The van der Waals surface area contributed by atoms with Gasteiger partial charge in [0, 0.05) is 31.1 Å². The summed E-state index contributed by atoms with van der Waals surface area (Å²) in [6, 6.07) is 6.24. The van der Waals surface area contributed by atoms with Gasteiger partial charge in [-0.15, -0.1) is 0 Å². The maximum Gasteiger partial charge on any atom is 0.261 e. The van der Waals surface area contributed by atoms with Crippen molar-refractivity contribution >= 4 is 16.6 Å². The lowest BCUT2D eigenvalue weighted by Gasteiger charge is -2.31. The highest BCUT2D eigenvalue weighted by atomic mass is 16.1. The number of aryl methyl sites for hydroxylation is 1. The number of aromatic nitrogens is 2. The average Bonchev–Trinajstić information content (AvgIpc) is 3.42. The van der Waals surface area contributed by atoms with E-state index in [9.17, 15) is 4.79 Å². The number of rotatable bonds is 4. The van der Waals surface area contributed by atoms with Crippen LogP contribution in [-0.4, -0.2) is 21.8 Å². The molecule has 142 valence electrons. The van der Waals surface area contributed by atoms with E-state index in [2.05, 4.69) is 50.0 Å². The van der Waals surface area contributed by atoms with Crippen molar-refractivity contribution in [2.24, 2.45) is 16.3 Å². The minimum atomic E-state index is 0.115. The lowest BCUT2D eigenvalue weighted by atomic mass is 9.85. The van der Waals surface area contributed by atoms with Crippen molar-refractivity contribution in [3.8, 4) is 0 Å². The normalized spacial score (nSPS) is 24.4. The molecular weight excluding hydrogens is 334 g/mol. The van der Waals surface area contributed by atoms with Crippen LogP contribution in [0.2, 0.25) is 0 Å². The minimum absolute atomic E-state index is 0.115. The van der Waals surface area contributed by atoms with Crippen LogP contribution in [0.3, 0.4) is 0 Å². The van der Waals surface area contributed by atoms with Gasteiger partial charge < -0.3 is 0 Å². The largest absolute Gasteiger partial charge is 0.296 e. The SMILES string of the molecule is C/C=C\C(=NCC)C1CC1c1ccc2c(=O)n3c(nc2c1)CCC(C)(C)C3. The van der Waals surface area contributed by atoms with Crippen LogP contribution in [0.15, 0.2) is 40.1 Å². The first-order valence-corrected chi connectivity index (χ1v) is 10.1. The van der Waals surface area contributed by atoms with Gasteiger partial charge in [-0.05, 0) is 61.8 Å². The quantitative estimate of drug-likeness (QED) is 0.750. The summed E-state index contributed by atoms with van der Waals surface area (Å²) in [5.41, 5.74) is 3.62. The van der Waals surface area contributed by atoms with Crippen LogP contribution in [0, 0.1) is 11.3 Å². The van der Waals surface area contributed by atoms with Crippen LogP contribution in [0.5, 0.6) is 0 Å². The summed E-state index contributed by atoms with van der Waals surface area (Å²) < 4.78 is 1.89. The molecule has 0 N–H and O–H groups in total. The Bertz CT molecular complexity index is 997. The van der Waals surface area contributed by atoms with E-state index < -0.39 is 0 Å². The van der Waals surface area contributed by atoms with E-state index in [4.69, 9.17) is 4.98 Å². The summed E-state index contributed by atoms with van der Waals surface area (Å²) in [7, 11) is 0. The molecule has 0 bridgehead atoms. The Labute approximate surface area is 161 Å². The molecule has 0 spiro atoms. The van der Waals surface area contributed by atoms with Crippen molar-refractivity contribution in [3.63, 3.8) is 0 Å². The fraction of sp³-hybridized carbons (Fsp3) is 0.522. The van der Waals surface area contributed by atoms with Gasteiger partial charge in [-0.2, -0.15) is 0 Å². The number of hydrogen-bond donors (Lipinski definition) is 0. The molecule has 2 unspecified atom stereocenters. The van der Waals surface area contributed by atoms with Gasteiger partial charge in [-0.1, -0.05) is 26.0 Å². The predicted octanol–water partition coefficient (Wildman–Crippen LogP) is 4.51. The van der Waals surface area contributed by atoms with Gasteiger partial charge in [0.15, 0.2) is 0 Å². The Hall–Kier alpha value is -2.23. The van der Waals surface area contributed by atoms with E-state index in [0.29, 0.717) is 11.8 Å². The van der Waals surface area contributed by atoms with E-state index in [-0.39, 0.29) is 11.0 Å². The Kier molecular flexibility index (Phi) is 4.53. The van der Waals surface area contributed by atoms with Crippen LogP contribution in [0.25, 0.3) is 10.9 Å². The highest BCUT2D eigenvalue weighted by Crippen LogP contribution is 2.49. The fourth-order valence-electron chi connectivity index (χ4n) is 4.36. The molecule has 0 radical (unpaired) electrons. The van der Waals surface area contributed by atoms with E-state index >= 15 is 0 Å². The molecule has 0 saturated heterocycles. The van der Waals surface area contributed by atoms with Crippen LogP contribution in [-0.2, 0) is 13.0 Å². The first kappa shape index (κ1) is 18.1. The fourth-order valence-corrected chi connectivity index (χ4v) is 4.36. The molecule has 1 aromatic heterocycles. The molecule has 27 heavy (non-hydrogen) atoms. The molecule has 4 heteroatoms. The standard InChI is InChI=1S/C23H29N3O/c1-5-7-19(24-6-2)18-13-17(18)15-8-9-16-20(12-15)25-21-10-11-23(3,4)14-26(21)22(16)27/h5,7-9,12,17-18H,6,10-11,13-14H2,1-4H3/b7-5-,24-19?. The van der Waals surface area contributed by atoms with E-state index in [0.717, 1.165) is 49.1 Å². The number of allylic oxidation sites excluding steroid dienone is 2. The number of fused-ring (bicyclic) bond motifs is 2. The van der Waals surface area contributed by atoms with E-state index in [1.165, 1.54) is 11.3 Å². The second-order valence-electron chi connectivity index (χ2n) is 8.71. The zero-order valence-corrected chi connectivity index (χ0v) is 16.8. The number of aliphatic imine (C=N–C) groups is 1. The van der Waals surface area contributed by atoms with Crippen LogP contribution in [0.1, 0.15) is 57.8 Å². The Morgan fingerprint density at radius 3 is 2.96 bits per heavy atom. The minimum Gasteiger partial charge on any atom is -0.296 e. The zero-order chi connectivity index (χ0) is 19.2. The summed E-state index contributed by atoms with van der Waals surface area (Å²) in [6.45, 7) is 10.2. The predicted molar refractivity (Wildman–Crippen MR) is 112 cm³/mol. The molecule has 4 nitrogen and oxygen atoms in total. The van der Waals surface area contributed by atoms with Gasteiger partial charge in [0.2, 0.25) is 0 Å².